The van der Waals surface area contributed by atoms with Gasteiger partial charge in [0.1, 0.15) is 6.04 Å². The number of rotatable bonds is 4. The van der Waals surface area contributed by atoms with Crippen molar-refractivity contribution in [2.24, 2.45) is 11.8 Å². The van der Waals surface area contributed by atoms with E-state index in [9.17, 15) is 19.2 Å². The first-order valence-corrected chi connectivity index (χ1v) is 12.4. The van der Waals surface area contributed by atoms with Crippen LogP contribution >= 0.6 is 0 Å². The van der Waals surface area contributed by atoms with Gasteiger partial charge in [-0.05, 0) is 66.6 Å². The molecular formula is C30H22N2O6. The zero-order chi connectivity index (χ0) is 26.1. The van der Waals surface area contributed by atoms with E-state index in [-0.39, 0.29) is 24.3 Å². The second kappa shape index (κ2) is 8.14. The Morgan fingerprint density at radius 2 is 1.55 bits per heavy atom. The monoisotopic (exact) mass is 506 g/mol. The van der Waals surface area contributed by atoms with E-state index in [1.54, 1.807) is 42.5 Å². The van der Waals surface area contributed by atoms with Crippen molar-refractivity contribution in [2.45, 2.75) is 19.0 Å². The number of imide groups is 1. The molecule has 3 aromatic carbocycles. The molecule has 4 heterocycles. The Balaban J connectivity index is 1.34. The molecule has 38 heavy (non-hydrogen) atoms. The lowest BCUT2D eigenvalue weighted by Crippen LogP contribution is -2.44. The zero-order valence-electron chi connectivity index (χ0n) is 20.4. The summed E-state index contributed by atoms with van der Waals surface area (Å²) in [6, 6.07) is 17.8. The van der Waals surface area contributed by atoms with Gasteiger partial charge >= 0.3 is 0 Å². The van der Waals surface area contributed by atoms with E-state index < -0.39 is 29.8 Å². The molecule has 0 aliphatic carbocycles. The second-order valence-electron chi connectivity index (χ2n) is 9.88. The van der Waals surface area contributed by atoms with Gasteiger partial charge in [0.2, 0.25) is 18.6 Å². The summed E-state index contributed by atoms with van der Waals surface area (Å²) in [6.45, 7) is 1.54. The van der Waals surface area contributed by atoms with Crippen LogP contribution in [0.4, 0.5) is 5.69 Å². The van der Waals surface area contributed by atoms with Crippen molar-refractivity contribution < 1.29 is 28.7 Å². The van der Waals surface area contributed by atoms with Gasteiger partial charge in [-0.25, -0.2) is 4.90 Å². The predicted octanol–water partition coefficient (Wildman–Crippen LogP) is 4.02. The Morgan fingerprint density at radius 1 is 0.842 bits per heavy atom. The third-order valence-corrected chi connectivity index (χ3v) is 7.92. The lowest BCUT2D eigenvalue weighted by atomic mass is 9.83. The van der Waals surface area contributed by atoms with Crippen molar-refractivity contribution in [1.29, 1.82) is 0 Å². The van der Waals surface area contributed by atoms with Gasteiger partial charge in [0.25, 0.3) is 0 Å². The molecule has 0 N–H and O–H groups in total. The molecule has 0 spiro atoms. The summed E-state index contributed by atoms with van der Waals surface area (Å²) < 4.78 is 10.9. The fourth-order valence-corrected chi connectivity index (χ4v) is 6.18. The molecule has 7 rings (SSSR count). The van der Waals surface area contributed by atoms with E-state index in [1.165, 1.54) is 11.8 Å². The maximum absolute atomic E-state index is 14.1. The van der Waals surface area contributed by atoms with Crippen LogP contribution in [-0.4, -0.2) is 41.1 Å². The predicted molar refractivity (Wildman–Crippen MR) is 137 cm³/mol. The number of ether oxygens (including phenoxy) is 2. The van der Waals surface area contributed by atoms with Gasteiger partial charge in [-0.3, -0.25) is 19.2 Å². The quantitative estimate of drug-likeness (QED) is 0.390. The SMILES string of the molecule is CC(=O)c1ccc(N2C(=O)[C@@H]3[C@@H](C2=O)[C@@H]2c4ccccc4C=CN2[C@@H]3C(=O)c2ccc3c(c2)OCO3)cc1. The molecule has 0 aromatic heterocycles. The molecular weight excluding hydrogens is 484 g/mol. The molecule has 4 atom stereocenters. The first-order chi connectivity index (χ1) is 18.4. The highest BCUT2D eigenvalue weighted by atomic mass is 16.7. The number of Topliss-reactive ketones (excluding diaryl/α,β-unsaturated/α-hetero) is 2. The summed E-state index contributed by atoms with van der Waals surface area (Å²) in [7, 11) is 0. The fourth-order valence-electron chi connectivity index (χ4n) is 6.18. The summed E-state index contributed by atoms with van der Waals surface area (Å²) in [6.07, 6.45) is 3.74. The molecule has 2 amide bonds. The number of nitrogens with zero attached hydrogens (tertiary/aromatic N) is 2. The van der Waals surface area contributed by atoms with E-state index in [0.717, 1.165) is 11.1 Å². The molecule has 0 bridgehead atoms. The van der Waals surface area contributed by atoms with Gasteiger partial charge in [-0.15, -0.1) is 0 Å². The Labute approximate surface area is 218 Å². The molecule has 8 heteroatoms. The summed E-state index contributed by atoms with van der Waals surface area (Å²) in [5.41, 5.74) is 3.12. The second-order valence-corrected chi connectivity index (χ2v) is 9.88. The van der Waals surface area contributed by atoms with Gasteiger partial charge in [0.15, 0.2) is 23.1 Å². The van der Waals surface area contributed by atoms with Crippen LogP contribution < -0.4 is 14.4 Å². The Kier molecular flexibility index (Phi) is 4.82. The number of hydrogen-bond acceptors (Lipinski definition) is 7. The van der Waals surface area contributed by atoms with E-state index in [2.05, 4.69) is 0 Å². The molecule has 4 aliphatic heterocycles. The van der Waals surface area contributed by atoms with Crippen molar-refractivity contribution in [2.75, 3.05) is 11.7 Å². The van der Waals surface area contributed by atoms with Crippen LogP contribution in [0.25, 0.3) is 6.08 Å². The van der Waals surface area contributed by atoms with Gasteiger partial charge in [0.05, 0.1) is 23.6 Å². The number of benzene rings is 3. The maximum atomic E-state index is 14.1. The average Bonchev–Trinajstić information content (AvgIpc) is 3.61. The zero-order valence-corrected chi connectivity index (χ0v) is 20.4. The van der Waals surface area contributed by atoms with Crippen LogP contribution in [0.15, 0.2) is 72.9 Å². The number of carbonyl (C=O) groups excluding carboxylic acids is 4. The number of carbonyl (C=O) groups is 4. The number of amides is 2. The van der Waals surface area contributed by atoms with E-state index in [1.807, 2.05) is 41.4 Å². The normalized spacial score (nSPS) is 24.3. The molecule has 8 nitrogen and oxygen atoms in total. The minimum Gasteiger partial charge on any atom is -0.454 e. The Morgan fingerprint density at radius 3 is 2.34 bits per heavy atom. The number of fused-ring (bicyclic) bond motifs is 6. The maximum Gasteiger partial charge on any atom is 0.240 e. The molecule has 0 unspecified atom stereocenters. The highest BCUT2D eigenvalue weighted by Gasteiger charge is 2.64. The minimum atomic E-state index is -0.882. The third kappa shape index (κ3) is 3.09. The summed E-state index contributed by atoms with van der Waals surface area (Å²) in [5, 5.41) is 0. The molecule has 0 radical (unpaired) electrons. The third-order valence-electron chi connectivity index (χ3n) is 7.92. The van der Waals surface area contributed by atoms with E-state index in [0.29, 0.717) is 28.3 Å². The van der Waals surface area contributed by atoms with Gasteiger partial charge < -0.3 is 14.4 Å². The van der Waals surface area contributed by atoms with Crippen molar-refractivity contribution in [3.05, 3.63) is 95.2 Å². The first-order valence-electron chi connectivity index (χ1n) is 12.4. The van der Waals surface area contributed by atoms with Gasteiger partial charge in [-0.2, -0.15) is 0 Å². The topological polar surface area (TPSA) is 93.2 Å². The Bertz CT molecular complexity index is 1580. The molecule has 3 aromatic rings. The molecule has 2 fully saturated rings. The number of ketones is 2. The lowest BCUT2D eigenvalue weighted by Gasteiger charge is -2.35. The molecule has 4 aliphatic rings. The van der Waals surface area contributed by atoms with Crippen LogP contribution in [0.1, 0.15) is 44.8 Å². The summed E-state index contributed by atoms with van der Waals surface area (Å²) in [4.78, 5) is 56.9. The van der Waals surface area contributed by atoms with E-state index in [4.69, 9.17) is 9.47 Å². The highest BCUT2D eigenvalue weighted by Crippen LogP contribution is 2.54. The minimum absolute atomic E-state index is 0.0825. The van der Waals surface area contributed by atoms with Crippen LogP contribution in [0.3, 0.4) is 0 Å². The van der Waals surface area contributed by atoms with Crippen molar-refractivity contribution in [1.82, 2.24) is 4.90 Å². The fraction of sp³-hybridized carbons (Fsp3) is 0.200. The Hall–Kier alpha value is -4.72. The molecule has 2 saturated heterocycles. The smallest absolute Gasteiger partial charge is 0.240 e. The lowest BCUT2D eigenvalue weighted by molar-refractivity contribution is -0.123. The van der Waals surface area contributed by atoms with Gasteiger partial charge in [0, 0.05) is 17.3 Å². The van der Waals surface area contributed by atoms with Gasteiger partial charge in [-0.1, -0.05) is 24.3 Å². The molecule has 0 saturated carbocycles. The molecule has 188 valence electrons. The first kappa shape index (κ1) is 22.5. The summed E-state index contributed by atoms with van der Waals surface area (Å²) >= 11 is 0. The van der Waals surface area contributed by atoms with Crippen LogP contribution in [0, 0.1) is 11.8 Å². The summed E-state index contributed by atoms with van der Waals surface area (Å²) in [5.74, 6) is -1.74. The van der Waals surface area contributed by atoms with Crippen molar-refractivity contribution >= 4 is 35.1 Å². The number of hydrogen-bond donors (Lipinski definition) is 0. The average molecular weight is 507 g/mol. The highest BCUT2D eigenvalue weighted by molar-refractivity contribution is 6.24. The van der Waals surface area contributed by atoms with E-state index >= 15 is 0 Å². The number of anilines is 1. The largest absolute Gasteiger partial charge is 0.454 e. The van der Waals surface area contributed by atoms with Crippen molar-refractivity contribution in [3.63, 3.8) is 0 Å². The standard InChI is InChI=1S/C30H22N2O6/c1-16(33)17-6-9-20(10-7-17)32-29(35)24-25(30(32)36)27(28(34)19-8-11-22-23(14-19)38-15-37-22)31-13-12-18-4-2-3-5-21(18)26(24)31/h2-14,24-27H,15H2,1H3/t24-,25-,26+,27+/m1/s1. The van der Waals surface area contributed by atoms with Crippen LogP contribution in [0.2, 0.25) is 0 Å². The van der Waals surface area contributed by atoms with Crippen LogP contribution in [0.5, 0.6) is 11.5 Å². The van der Waals surface area contributed by atoms with Crippen molar-refractivity contribution in [3.8, 4) is 11.5 Å². The van der Waals surface area contributed by atoms with Crippen LogP contribution in [-0.2, 0) is 9.59 Å².